The minimum atomic E-state index is -4.12. The number of rotatable bonds is 2. The van der Waals surface area contributed by atoms with Crippen LogP contribution in [-0.2, 0) is 16.7 Å². The fourth-order valence-electron chi connectivity index (χ4n) is 2.06. The molecule has 82 valence electrons. The van der Waals surface area contributed by atoms with Crippen LogP contribution in [-0.4, -0.2) is 13.0 Å². The molecule has 5 heteroatoms. The lowest BCUT2D eigenvalue weighted by molar-refractivity contribution is 0.437. The average Bonchev–Trinajstić information content (AvgIpc) is 2.16. The number of hydrogen-bond acceptors (Lipinski definition) is 2. The van der Waals surface area contributed by atoms with Crippen molar-refractivity contribution in [2.24, 2.45) is 0 Å². The maximum Gasteiger partial charge on any atom is 0.333 e. The van der Waals surface area contributed by atoms with Crippen LogP contribution in [0, 0.1) is 0 Å². The minimum absolute atomic E-state index is 0.287. The lowest BCUT2D eigenvalue weighted by atomic mass is 9.88. The quantitative estimate of drug-likeness (QED) is 0.752. The van der Waals surface area contributed by atoms with Crippen molar-refractivity contribution in [3.05, 3.63) is 35.4 Å². The third-order valence-corrected chi connectivity index (χ3v) is 3.24. The molecule has 1 aromatic rings. The molecule has 2 N–H and O–H groups in total. The highest BCUT2D eigenvalue weighted by Gasteiger charge is 2.22. The second-order valence-electron chi connectivity index (χ2n) is 3.74. The lowest BCUT2D eigenvalue weighted by Crippen LogP contribution is -2.30. The van der Waals surface area contributed by atoms with Crippen molar-refractivity contribution in [2.45, 2.75) is 25.3 Å². The second-order valence-corrected chi connectivity index (χ2v) is 4.92. The minimum Gasteiger partial charge on any atom is -0.273 e. The lowest BCUT2D eigenvalue weighted by Gasteiger charge is -2.24. The Morgan fingerprint density at radius 1 is 1.33 bits per heavy atom. The molecule has 0 aliphatic heterocycles. The molecular formula is C10H13NO3S. The second kappa shape index (κ2) is 3.92. The summed E-state index contributed by atoms with van der Waals surface area (Å²) in [4.78, 5) is 0. The van der Waals surface area contributed by atoms with E-state index in [1.165, 1.54) is 0 Å². The standard InChI is InChI=1S/C10H13NO3S/c12-15(13,14)11-10-7-3-5-8-4-1-2-6-9(8)10/h1-2,4,6,10-11H,3,5,7H2,(H,12,13,14). The van der Waals surface area contributed by atoms with Crippen LogP contribution in [0.3, 0.4) is 0 Å². The number of fused-ring (bicyclic) bond motifs is 1. The van der Waals surface area contributed by atoms with Crippen molar-refractivity contribution in [3.8, 4) is 0 Å². The van der Waals surface area contributed by atoms with E-state index in [1.807, 2.05) is 24.3 Å². The molecule has 1 atom stereocenters. The molecule has 0 fully saturated rings. The van der Waals surface area contributed by atoms with Crippen LogP contribution >= 0.6 is 0 Å². The van der Waals surface area contributed by atoms with Crippen molar-refractivity contribution < 1.29 is 13.0 Å². The van der Waals surface area contributed by atoms with Crippen LogP contribution in [0.1, 0.15) is 30.0 Å². The van der Waals surface area contributed by atoms with E-state index in [0.717, 1.165) is 30.4 Å². The molecule has 2 rings (SSSR count). The van der Waals surface area contributed by atoms with E-state index in [2.05, 4.69) is 4.72 Å². The van der Waals surface area contributed by atoms with Crippen molar-refractivity contribution in [3.63, 3.8) is 0 Å². The van der Waals surface area contributed by atoms with Gasteiger partial charge in [-0.2, -0.15) is 13.1 Å². The van der Waals surface area contributed by atoms with Crippen LogP contribution in [0.5, 0.6) is 0 Å². The molecule has 0 saturated heterocycles. The van der Waals surface area contributed by atoms with Gasteiger partial charge in [0.25, 0.3) is 0 Å². The van der Waals surface area contributed by atoms with Gasteiger partial charge < -0.3 is 0 Å². The molecule has 0 saturated carbocycles. The zero-order chi connectivity index (χ0) is 10.9. The summed E-state index contributed by atoms with van der Waals surface area (Å²) in [5.41, 5.74) is 2.13. The Morgan fingerprint density at radius 3 is 2.80 bits per heavy atom. The summed E-state index contributed by atoms with van der Waals surface area (Å²) in [5, 5.41) is 0. The van der Waals surface area contributed by atoms with E-state index in [9.17, 15) is 8.42 Å². The van der Waals surface area contributed by atoms with Gasteiger partial charge in [0.05, 0.1) is 0 Å². The van der Waals surface area contributed by atoms with Crippen LogP contribution in [0.25, 0.3) is 0 Å². The first-order valence-corrected chi connectivity index (χ1v) is 6.33. The normalized spacial score (nSPS) is 21.0. The Bertz CT molecular complexity index is 455. The number of nitrogens with one attached hydrogen (secondary N) is 1. The molecule has 0 amide bonds. The van der Waals surface area contributed by atoms with Crippen LogP contribution in [0.2, 0.25) is 0 Å². The highest BCUT2D eigenvalue weighted by atomic mass is 32.2. The molecule has 0 aromatic heterocycles. The summed E-state index contributed by atoms with van der Waals surface area (Å²) in [6.45, 7) is 0. The molecule has 0 radical (unpaired) electrons. The smallest absolute Gasteiger partial charge is 0.273 e. The Morgan fingerprint density at radius 2 is 2.07 bits per heavy atom. The zero-order valence-corrected chi connectivity index (χ0v) is 9.00. The van der Waals surface area contributed by atoms with Gasteiger partial charge in [-0.25, -0.2) is 0 Å². The summed E-state index contributed by atoms with van der Waals surface area (Å²) in [5.74, 6) is 0. The summed E-state index contributed by atoms with van der Waals surface area (Å²) in [6, 6.07) is 7.42. The molecule has 4 nitrogen and oxygen atoms in total. The Kier molecular flexibility index (Phi) is 2.77. The first kappa shape index (κ1) is 10.6. The molecular weight excluding hydrogens is 214 g/mol. The summed E-state index contributed by atoms with van der Waals surface area (Å²) in [6.07, 6.45) is 2.64. The Labute approximate surface area is 89.2 Å². The van der Waals surface area contributed by atoms with Gasteiger partial charge in [0, 0.05) is 6.04 Å². The molecule has 1 aliphatic carbocycles. The molecule has 1 aliphatic rings. The van der Waals surface area contributed by atoms with Crippen LogP contribution < -0.4 is 4.72 Å². The summed E-state index contributed by atoms with van der Waals surface area (Å²) < 4.78 is 32.5. The molecule has 15 heavy (non-hydrogen) atoms. The van der Waals surface area contributed by atoms with Crippen molar-refractivity contribution in [1.29, 1.82) is 0 Å². The fraction of sp³-hybridized carbons (Fsp3) is 0.400. The van der Waals surface area contributed by atoms with E-state index in [-0.39, 0.29) is 6.04 Å². The van der Waals surface area contributed by atoms with Gasteiger partial charge in [-0.3, -0.25) is 4.55 Å². The largest absolute Gasteiger partial charge is 0.333 e. The average molecular weight is 227 g/mol. The van der Waals surface area contributed by atoms with Crippen molar-refractivity contribution in [1.82, 2.24) is 4.72 Å². The van der Waals surface area contributed by atoms with Crippen molar-refractivity contribution in [2.75, 3.05) is 0 Å². The van der Waals surface area contributed by atoms with Gasteiger partial charge >= 0.3 is 10.3 Å². The predicted molar refractivity (Wildman–Crippen MR) is 56.8 cm³/mol. The van der Waals surface area contributed by atoms with E-state index < -0.39 is 10.3 Å². The van der Waals surface area contributed by atoms with Gasteiger partial charge in [-0.1, -0.05) is 24.3 Å². The zero-order valence-electron chi connectivity index (χ0n) is 8.18. The maximum absolute atomic E-state index is 10.8. The summed E-state index contributed by atoms with van der Waals surface area (Å²) in [7, 11) is -4.12. The predicted octanol–water partition coefficient (Wildman–Crippen LogP) is 1.46. The highest BCUT2D eigenvalue weighted by Crippen LogP contribution is 2.29. The number of aryl methyl sites for hydroxylation is 1. The highest BCUT2D eigenvalue weighted by molar-refractivity contribution is 7.83. The monoisotopic (exact) mass is 227 g/mol. The molecule has 0 heterocycles. The molecule has 0 spiro atoms. The Hall–Kier alpha value is -0.910. The van der Waals surface area contributed by atoms with Gasteiger partial charge in [-0.05, 0) is 30.4 Å². The van der Waals surface area contributed by atoms with Crippen molar-refractivity contribution >= 4 is 10.3 Å². The van der Waals surface area contributed by atoms with Crippen LogP contribution in [0.4, 0.5) is 0 Å². The molecule has 1 aromatic carbocycles. The topological polar surface area (TPSA) is 66.4 Å². The summed E-state index contributed by atoms with van der Waals surface area (Å²) >= 11 is 0. The van der Waals surface area contributed by atoms with Gasteiger partial charge in [0.15, 0.2) is 0 Å². The fourth-order valence-corrected chi connectivity index (χ4v) is 2.66. The maximum atomic E-state index is 10.8. The third-order valence-electron chi connectivity index (χ3n) is 2.66. The first-order chi connectivity index (χ1) is 7.06. The van der Waals surface area contributed by atoms with E-state index in [0.29, 0.717) is 0 Å². The number of benzene rings is 1. The third kappa shape index (κ3) is 2.56. The Balaban J connectivity index is 2.30. The SMILES string of the molecule is O=S(=O)(O)NC1CCCc2ccccc21. The van der Waals surface area contributed by atoms with Crippen LogP contribution in [0.15, 0.2) is 24.3 Å². The molecule has 1 unspecified atom stereocenters. The van der Waals surface area contributed by atoms with E-state index >= 15 is 0 Å². The van der Waals surface area contributed by atoms with Gasteiger partial charge in [-0.15, -0.1) is 0 Å². The van der Waals surface area contributed by atoms with E-state index in [4.69, 9.17) is 4.55 Å². The first-order valence-electron chi connectivity index (χ1n) is 4.89. The van der Waals surface area contributed by atoms with Gasteiger partial charge in [0.2, 0.25) is 0 Å². The van der Waals surface area contributed by atoms with Gasteiger partial charge in [0.1, 0.15) is 0 Å². The number of hydrogen-bond donors (Lipinski definition) is 2. The van der Waals surface area contributed by atoms with E-state index in [1.54, 1.807) is 0 Å². The molecule has 0 bridgehead atoms.